The van der Waals surface area contributed by atoms with Gasteiger partial charge in [0.2, 0.25) is 0 Å². The molecule has 0 radical (unpaired) electrons. The number of halogens is 1. The number of fused-ring (bicyclic) bond motifs is 4. The Balaban J connectivity index is 2.06. The van der Waals surface area contributed by atoms with Crippen LogP contribution in [0.3, 0.4) is 0 Å². The molecule has 1 aromatic heterocycles. The Labute approximate surface area is 88.7 Å². The highest BCUT2D eigenvalue weighted by molar-refractivity contribution is 6.29. The van der Waals surface area contributed by atoms with E-state index < -0.39 is 0 Å². The minimum Gasteiger partial charge on any atom is -0.316 e. The number of nitrogens with one attached hydrogen (secondary N) is 1. The monoisotopic (exact) mass is 208 g/mol. The van der Waals surface area contributed by atoms with Crippen molar-refractivity contribution in [2.75, 3.05) is 13.1 Å². The SMILES string of the molecule is Clc1ccc2c(n1)C[C@@H]1CNC[C@H]2C1. The molecule has 1 aliphatic carbocycles. The molecule has 1 N–H and O–H groups in total. The Morgan fingerprint density at radius 1 is 1.36 bits per heavy atom. The Morgan fingerprint density at radius 3 is 3.21 bits per heavy atom. The van der Waals surface area contributed by atoms with E-state index in [1.807, 2.05) is 6.07 Å². The average Bonchev–Trinajstić information content (AvgIpc) is 2.17. The van der Waals surface area contributed by atoms with Crippen molar-refractivity contribution in [3.63, 3.8) is 0 Å². The quantitative estimate of drug-likeness (QED) is 0.660. The summed E-state index contributed by atoms with van der Waals surface area (Å²) in [6.07, 6.45) is 2.42. The lowest BCUT2D eigenvalue weighted by atomic mass is 9.77. The largest absolute Gasteiger partial charge is 0.316 e. The van der Waals surface area contributed by atoms with Gasteiger partial charge in [-0.2, -0.15) is 0 Å². The minimum atomic E-state index is 0.636. The smallest absolute Gasteiger partial charge is 0.129 e. The molecule has 3 heteroatoms. The van der Waals surface area contributed by atoms with E-state index in [0.29, 0.717) is 11.1 Å². The molecule has 2 atom stereocenters. The number of nitrogens with zero attached hydrogens (tertiary/aromatic N) is 1. The lowest BCUT2D eigenvalue weighted by Gasteiger charge is -2.36. The van der Waals surface area contributed by atoms with Crippen LogP contribution < -0.4 is 5.32 Å². The highest BCUT2D eigenvalue weighted by Gasteiger charge is 2.30. The molecular weight excluding hydrogens is 196 g/mol. The van der Waals surface area contributed by atoms with Gasteiger partial charge in [0.05, 0.1) is 0 Å². The Kier molecular flexibility index (Phi) is 1.99. The van der Waals surface area contributed by atoms with Crippen LogP contribution in [0.2, 0.25) is 5.15 Å². The Hall–Kier alpha value is -0.600. The van der Waals surface area contributed by atoms with Crippen molar-refractivity contribution < 1.29 is 0 Å². The van der Waals surface area contributed by atoms with Gasteiger partial charge in [-0.15, -0.1) is 0 Å². The molecule has 74 valence electrons. The predicted molar refractivity (Wildman–Crippen MR) is 56.7 cm³/mol. The van der Waals surface area contributed by atoms with Crippen LogP contribution in [0.5, 0.6) is 0 Å². The van der Waals surface area contributed by atoms with Gasteiger partial charge in [0.25, 0.3) is 0 Å². The number of hydrogen-bond donors (Lipinski definition) is 1. The molecule has 1 fully saturated rings. The van der Waals surface area contributed by atoms with Gasteiger partial charge in [0.1, 0.15) is 5.15 Å². The molecule has 2 bridgehead atoms. The summed E-state index contributed by atoms with van der Waals surface area (Å²) in [5.74, 6) is 1.44. The topological polar surface area (TPSA) is 24.9 Å². The van der Waals surface area contributed by atoms with Crippen molar-refractivity contribution in [3.8, 4) is 0 Å². The minimum absolute atomic E-state index is 0.636. The maximum atomic E-state index is 5.91. The number of hydrogen-bond acceptors (Lipinski definition) is 2. The predicted octanol–water partition coefficient (Wildman–Crippen LogP) is 1.98. The lowest BCUT2D eigenvalue weighted by molar-refractivity contribution is 0.314. The van der Waals surface area contributed by atoms with Crippen LogP contribution in [-0.2, 0) is 6.42 Å². The summed E-state index contributed by atoms with van der Waals surface area (Å²) in [4.78, 5) is 4.43. The summed E-state index contributed by atoms with van der Waals surface area (Å²) < 4.78 is 0. The second-order valence-corrected chi connectivity index (χ2v) is 4.72. The zero-order valence-corrected chi connectivity index (χ0v) is 8.72. The molecule has 0 spiro atoms. The van der Waals surface area contributed by atoms with E-state index >= 15 is 0 Å². The maximum Gasteiger partial charge on any atom is 0.129 e. The van der Waals surface area contributed by atoms with Crippen molar-refractivity contribution >= 4 is 11.6 Å². The van der Waals surface area contributed by atoms with E-state index in [2.05, 4.69) is 16.4 Å². The number of piperidine rings is 1. The van der Waals surface area contributed by atoms with Crippen molar-refractivity contribution in [1.82, 2.24) is 10.3 Å². The van der Waals surface area contributed by atoms with E-state index in [9.17, 15) is 0 Å². The van der Waals surface area contributed by atoms with E-state index in [1.54, 1.807) is 0 Å². The molecule has 3 rings (SSSR count). The van der Waals surface area contributed by atoms with Crippen molar-refractivity contribution in [2.24, 2.45) is 5.92 Å². The van der Waals surface area contributed by atoms with Gasteiger partial charge in [-0.05, 0) is 42.9 Å². The molecule has 1 aliphatic heterocycles. The van der Waals surface area contributed by atoms with Gasteiger partial charge >= 0.3 is 0 Å². The second kappa shape index (κ2) is 3.21. The number of aromatic nitrogens is 1. The van der Waals surface area contributed by atoms with Gasteiger partial charge < -0.3 is 5.32 Å². The summed E-state index contributed by atoms with van der Waals surface area (Å²) in [6.45, 7) is 2.25. The summed E-state index contributed by atoms with van der Waals surface area (Å²) in [7, 11) is 0. The van der Waals surface area contributed by atoms with Crippen molar-refractivity contribution in [2.45, 2.75) is 18.8 Å². The average molecular weight is 209 g/mol. The van der Waals surface area contributed by atoms with Crippen LogP contribution >= 0.6 is 11.6 Å². The number of rotatable bonds is 0. The molecule has 0 saturated carbocycles. The molecule has 0 unspecified atom stereocenters. The molecule has 2 aliphatic rings. The fourth-order valence-corrected chi connectivity index (χ4v) is 2.88. The third-order valence-electron chi connectivity index (χ3n) is 3.34. The standard InChI is InChI=1S/C11H13ClN2/c12-11-2-1-9-8-3-7(5-13-6-8)4-10(9)14-11/h1-2,7-8,13H,3-6H2/t7-,8-/m1/s1. The van der Waals surface area contributed by atoms with Crippen LogP contribution in [-0.4, -0.2) is 18.1 Å². The van der Waals surface area contributed by atoms with E-state index in [-0.39, 0.29) is 0 Å². The Bertz CT molecular complexity index is 364. The van der Waals surface area contributed by atoms with Gasteiger partial charge in [0.15, 0.2) is 0 Å². The van der Waals surface area contributed by atoms with Crippen LogP contribution in [0.15, 0.2) is 12.1 Å². The van der Waals surface area contributed by atoms with Gasteiger partial charge in [-0.3, -0.25) is 0 Å². The van der Waals surface area contributed by atoms with Gasteiger partial charge in [-0.1, -0.05) is 17.7 Å². The first kappa shape index (κ1) is 8.69. The van der Waals surface area contributed by atoms with Crippen LogP contribution in [0, 0.1) is 5.92 Å². The molecule has 2 nitrogen and oxygen atoms in total. The fraction of sp³-hybridized carbons (Fsp3) is 0.545. The zero-order chi connectivity index (χ0) is 9.54. The summed E-state index contributed by atoms with van der Waals surface area (Å²) in [6, 6.07) is 4.06. The lowest BCUT2D eigenvalue weighted by Crippen LogP contribution is -2.39. The van der Waals surface area contributed by atoms with Crippen LogP contribution in [0.1, 0.15) is 23.6 Å². The second-order valence-electron chi connectivity index (χ2n) is 4.33. The highest BCUT2D eigenvalue weighted by Crippen LogP contribution is 2.36. The molecule has 14 heavy (non-hydrogen) atoms. The molecule has 0 amide bonds. The van der Waals surface area contributed by atoms with Gasteiger partial charge in [0, 0.05) is 12.2 Å². The van der Waals surface area contributed by atoms with Crippen molar-refractivity contribution in [3.05, 3.63) is 28.5 Å². The number of pyridine rings is 1. The first-order chi connectivity index (χ1) is 6.83. The highest BCUT2D eigenvalue weighted by atomic mass is 35.5. The molecule has 2 heterocycles. The van der Waals surface area contributed by atoms with Crippen LogP contribution in [0.25, 0.3) is 0 Å². The van der Waals surface area contributed by atoms with Gasteiger partial charge in [-0.25, -0.2) is 4.98 Å². The van der Waals surface area contributed by atoms with Crippen LogP contribution in [0.4, 0.5) is 0 Å². The van der Waals surface area contributed by atoms with E-state index in [1.165, 1.54) is 17.7 Å². The molecular formula is C11H13ClN2. The van der Waals surface area contributed by atoms with Crippen molar-refractivity contribution in [1.29, 1.82) is 0 Å². The Morgan fingerprint density at radius 2 is 2.29 bits per heavy atom. The van der Waals surface area contributed by atoms with E-state index in [0.717, 1.165) is 25.4 Å². The molecule has 1 aromatic rings. The summed E-state index contributed by atoms with van der Waals surface area (Å²) in [5, 5.41) is 4.12. The third-order valence-corrected chi connectivity index (χ3v) is 3.55. The maximum absolute atomic E-state index is 5.91. The third kappa shape index (κ3) is 1.33. The first-order valence-corrected chi connectivity index (χ1v) is 5.57. The molecule has 0 aromatic carbocycles. The zero-order valence-electron chi connectivity index (χ0n) is 7.96. The summed E-state index contributed by atoms with van der Waals surface area (Å²) >= 11 is 5.91. The fourth-order valence-electron chi connectivity index (χ4n) is 2.72. The summed E-state index contributed by atoms with van der Waals surface area (Å²) in [5.41, 5.74) is 2.65. The molecule has 1 saturated heterocycles. The van der Waals surface area contributed by atoms with E-state index in [4.69, 9.17) is 11.6 Å². The first-order valence-electron chi connectivity index (χ1n) is 5.19. The normalized spacial score (nSPS) is 29.8.